The van der Waals surface area contributed by atoms with Crippen molar-refractivity contribution in [2.45, 2.75) is 60.5 Å². The first-order chi connectivity index (χ1) is 14.9. The molecule has 1 amide bonds. The molecule has 176 valence electrons. The maximum Gasteiger partial charge on any atom is 0.308 e. The number of halogens is 1. The number of hydrogen-bond donors (Lipinski definition) is 0. The summed E-state index contributed by atoms with van der Waals surface area (Å²) in [5, 5.41) is 0. The molecule has 1 atom stereocenters. The van der Waals surface area contributed by atoms with Crippen molar-refractivity contribution in [3.63, 3.8) is 0 Å². The highest BCUT2D eigenvalue weighted by Gasteiger charge is 2.22. The van der Waals surface area contributed by atoms with Crippen LogP contribution in [0.15, 0.2) is 48.5 Å². The maximum absolute atomic E-state index is 13.3. The third-order valence-electron chi connectivity index (χ3n) is 5.00. The van der Waals surface area contributed by atoms with Crippen LogP contribution >= 0.6 is 0 Å². The van der Waals surface area contributed by atoms with Gasteiger partial charge in [-0.2, -0.15) is 8.42 Å². The number of hydrogen-bond acceptors (Lipinski definition) is 4. The van der Waals surface area contributed by atoms with Gasteiger partial charge in [-0.05, 0) is 60.1 Å². The van der Waals surface area contributed by atoms with E-state index in [2.05, 4.69) is 27.7 Å². The molecular weight excluding hydrogens is 429 g/mol. The van der Waals surface area contributed by atoms with E-state index >= 15 is 0 Å². The van der Waals surface area contributed by atoms with Crippen molar-refractivity contribution in [1.82, 2.24) is 4.90 Å². The van der Waals surface area contributed by atoms with E-state index in [9.17, 15) is 17.6 Å². The van der Waals surface area contributed by atoms with Gasteiger partial charge >= 0.3 is 10.1 Å². The highest BCUT2D eigenvalue weighted by molar-refractivity contribution is 7.87. The minimum atomic E-state index is -3.59. The number of carbonyl (C=O) groups is 1. The van der Waals surface area contributed by atoms with Crippen molar-refractivity contribution in [3.8, 4) is 5.75 Å². The molecule has 0 fully saturated rings. The third-order valence-corrected chi connectivity index (χ3v) is 6.15. The molecule has 0 aromatic heterocycles. The number of benzene rings is 2. The Hall–Kier alpha value is -2.41. The summed E-state index contributed by atoms with van der Waals surface area (Å²) >= 11 is 0. The predicted molar refractivity (Wildman–Crippen MR) is 125 cm³/mol. The minimum Gasteiger partial charge on any atom is -0.382 e. The molecule has 2 aromatic rings. The van der Waals surface area contributed by atoms with E-state index in [0.29, 0.717) is 19.5 Å². The molecule has 0 spiro atoms. The van der Waals surface area contributed by atoms with E-state index in [-0.39, 0.29) is 34.6 Å². The first kappa shape index (κ1) is 25.8. The van der Waals surface area contributed by atoms with E-state index in [1.54, 1.807) is 41.3 Å². The monoisotopic (exact) mass is 463 g/mol. The van der Waals surface area contributed by atoms with Crippen LogP contribution in [0.1, 0.15) is 58.6 Å². The van der Waals surface area contributed by atoms with E-state index in [0.717, 1.165) is 17.5 Å². The Labute approximate surface area is 191 Å². The van der Waals surface area contributed by atoms with Gasteiger partial charge in [0.1, 0.15) is 11.6 Å². The zero-order chi connectivity index (χ0) is 23.9. The van der Waals surface area contributed by atoms with E-state index in [4.69, 9.17) is 4.18 Å². The lowest BCUT2D eigenvalue weighted by Crippen LogP contribution is -2.31. The van der Waals surface area contributed by atoms with Gasteiger partial charge in [-0.1, -0.05) is 52.0 Å². The van der Waals surface area contributed by atoms with Crippen LogP contribution in [0.5, 0.6) is 5.75 Å². The zero-order valence-electron chi connectivity index (χ0n) is 19.6. The Morgan fingerprint density at radius 1 is 1.00 bits per heavy atom. The molecule has 0 unspecified atom stereocenters. The van der Waals surface area contributed by atoms with Gasteiger partial charge in [0.15, 0.2) is 0 Å². The van der Waals surface area contributed by atoms with Crippen molar-refractivity contribution in [3.05, 3.63) is 65.5 Å². The van der Waals surface area contributed by atoms with Gasteiger partial charge in [0, 0.05) is 19.5 Å². The molecule has 0 saturated heterocycles. The molecule has 5 nitrogen and oxygen atoms in total. The van der Waals surface area contributed by atoms with Gasteiger partial charge in [-0.3, -0.25) is 4.79 Å². The second-order valence-electron chi connectivity index (χ2n) is 9.52. The molecule has 0 radical (unpaired) electrons. The number of nitrogens with zero attached hydrogens (tertiary/aromatic N) is 1. The molecule has 0 saturated carbocycles. The zero-order valence-corrected chi connectivity index (χ0v) is 20.4. The lowest BCUT2D eigenvalue weighted by Gasteiger charge is -2.27. The van der Waals surface area contributed by atoms with Crippen LogP contribution in [0.2, 0.25) is 0 Å². The van der Waals surface area contributed by atoms with Crippen LogP contribution in [0, 0.1) is 17.2 Å². The molecule has 0 bridgehead atoms. The van der Waals surface area contributed by atoms with Crippen LogP contribution < -0.4 is 4.18 Å². The highest BCUT2D eigenvalue weighted by atomic mass is 32.2. The Morgan fingerprint density at radius 3 is 1.97 bits per heavy atom. The van der Waals surface area contributed by atoms with E-state index in [1.807, 2.05) is 0 Å². The number of amides is 1. The Morgan fingerprint density at radius 2 is 1.50 bits per heavy atom. The maximum atomic E-state index is 13.3. The van der Waals surface area contributed by atoms with Crippen molar-refractivity contribution in [2.24, 2.45) is 11.3 Å². The quantitative estimate of drug-likeness (QED) is 0.434. The lowest BCUT2D eigenvalue weighted by molar-refractivity contribution is -0.133. The minimum absolute atomic E-state index is 0.0277. The molecule has 0 heterocycles. The summed E-state index contributed by atoms with van der Waals surface area (Å²) in [6, 6.07) is 12.8. The Kier molecular flexibility index (Phi) is 8.84. The number of carbonyl (C=O) groups excluding carboxylic acids is 1. The second kappa shape index (κ2) is 10.9. The summed E-state index contributed by atoms with van der Waals surface area (Å²) in [6.45, 7) is 10.8. The lowest BCUT2D eigenvalue weighted by atomic mass is 9.84. The normalized spacial score (nSPS) is 12.9. The average molecular weight is 464 g/mol. The molecule has 0 aliphatic carbocycles. The van der Waals surface area contributed by atoms with Gasteiger partial charge in [-0.25, -0.2) is 4.39 Å². The van der Waals surface area contributed by atoms with Crippen LogP contribution in [0.3, 0.4) is 0 Å². The predicted octanol–water partition coefficient (Wildman–Crippen LogP) is 5.55. The molecular formula is C25H34FNO4S. The van der Waals surface area contributed by atoms with Gasteiger partial charge in [-0.15, -0.1) is 0 Å². The molecule has 7 heteroatoms. The first-order valence-electron chi connectivity index (χ1n) is 10.9. The summed E-state index contributed by atoms with van der Waals surface area (Å²) in [7, 11) is -3.59. The van der Waals surface area contributed by atoms with Gasteiger partial charge in [0.25, 0.3) is 0 Å². The summed E-state index contributed by atoms with van der Waals surface area (Å²) in [5.74, 6) is 0.0728. The van der Waals surface area contributed by atoms with Crippen LogP contribution in [0.25, 0.3) is 0 Å². The number of rotatable bonds is 10. The van der Waals surface area contributed by atoms with Crippen LogP contribution in [-0.2, 0) is 28.0 Å². The molecule has 2 aromatic carbocycles. The van der Waals surface area contributed by atoms with Crippen molar-refractivity contribution < 1.29 is 21.8 Å². The SMILES string of the molecule is CCS(=O)(=O)Oc1ccc(CN(Cc2ccc(F)cc2)C(=O)C[C@@H](C)CC(C)(C)C)cc1. The molecule has 0 aliphatic rings. The standard InChI is InChI=1S/C25H34FNO4S/c1-6-32(29,30)31-23-13-9-21(10-14-23)18-27(17-20-7-11-22(26)12-8-20)24(28)15-19(2)16-25(3,4)5/h7-14,19H,6,15-18H2,1-5H3/t19-/m1/s1. The fraction of sp³-hybridized carbons (Fsp3) is 0.480. The van der Waals surface area contributed by atoms with E-state index in [1.165, 1.54) is 19.1 Å². The summed E-state index contributed by atoms with van der Waals surface area (Å²) in [6.07, 6.45) is 1.36. The van der Waals surface area contributed by atoms with E-state index < -0.39 is 10.1 Å². The van der Waals surface area contributed by atoms with Gasteiger partial charge < -0.3 is 9.08 Å². The molecule has 0 aliphatic heterocycles. The Balaban J connectivity index is 2.16. The van der Waals surface area contributed by atoms with Gasteiger partial charge in [0.2, 0.25) is 5.91 Å². The fourth-order valence-corrected chi connectivity index (χ4v) is 4.19. The summed E-state index contributed by atoms with van der Waals surface area (Å²) in [5.41, 5.74) is 1.83. The van der Waals surface area contributed by atoms with Crippen LogP contribution in [0.4, 0.5) is 4.39 Å². The van der Waals surface area contributed by atoms with Crippen molar-refractivity contribution >= 4 is 16.0 Å². The summed E-state index contributed by atoms with van der Waals surface area (Å²) in [4.78, 5) is 14.9. The molecule has 32 heavy (non-hydrogen) atoms. The molecule has 2 rings (SSSR count). The second-order valence-corrected chi connectivity index (χ2v) is 11.4. The fourth-order valence-electron chi connectivity index (χ4n) is 3.66. The smallest absolute Gasteiger partial charge is 0.308 e. The topological polar surface area (TPSA) is 63.7 Å². The van der Waals surface area contributed by atoms with Crippen molar-refractivity contribution in [1.29, 1.82) is 0 Å². The summed E-state index contributed by atoms with van der Waals surface area (Å²) < 4.78 is 41.6. The van der Waals surface area contributed by atoms with Crippen LogP contribution in [-0.4, -0.2) is 25.0 Å². The Bertz CT molecular complexity index is 980. The van der Waals surface area contributed by atoms with Crippen molar-refractivity contribution in [2.75, 3.05) is 5.75 Å². The average Bonchev–Trinajstić information content (AvgIpc) is 2.68. The largest absolute Gasteiger partial charge is 0.382 e. The van der Waals surface area contributed by atoms with Gasteiger partial charge in [0.05, 0.1) is 5.75 Å². The highest BCUT2D eigenvalue weighted by Crippen LogP contribution is 2.27. The molecule has 0 N–H and O–H groups in total. The third kappa shape index (κ3) is 8.99. The first-order valence-corrected chi connectivity index (χ1v) is 12.5.